The molecule has 0 aliphatic rings. The highest BCUT2D eigenvalue weighted by atomic mass is 32.2. The minimum absolute atomic E-state index is 0.0463. The van der Waals surface area contributed by atoms with Gasteiger partial charge in [0.05, 0.1) is 19.5 Å². The molecule has 1 heterocycles. The zero-order chi connectivity index (χ0) is 15.9. The molecular formula is C14H17N3O3S2. The SMILES string of the molecule is COc1ccc(CNC(=O)[C@@H](C)Sc2nncs2)cc1OC. The number of carbonyl (C=O) groups excluding carboxylic acids is 1. The largest absolute Gasteiger partial charge is 0.493 e. The van der Waals surface area contributed by atoms with Gasteiger partial charge in [-0.2, -0.15) is 0 Å². The van der Waals surface area contributed by atoms with Crippen LogP contribution in [0.1, 0.15) is 12.5 Å². The van der Waals surface area contributed by atoms with Crippen molar-refractivity contribution in [3.05, 3.63) is 29.3 Å². The maximum absolute atomic E-state index is 12.1. The summed E-state index contributed by atoms with van der Waals surface area (Å²) in [4.78, 5) is 12.1. The lowest BCUT2D eigenvalue weighted by atomic mass is 10.2. The van der Waals surface area contributed by atoms with Crippen LogP contribution in [0.25, 0.3) is 0 Å². The summed E-state index contributed by atoms with van der Waals surface area (Å²) in [5.74, 6) is 1.26. The fraction of sp³-hybridized carbons (Fsp3) is 0.357. The summed E-state index contributed by atoms with van der Waals surface area (Å²) in [6.07, 6.45) is 0. The van der Waals surface area contributed by atoms with Gasteiger partial charge in [0.2, 0.25) is 5.91 Å². The van der Waals surface area contributed by atoms with Crippen molar-refractivity contribution in [1.82, 2.24) is 15.5 Å². The van der Waals surface area contributed by atoms with Crippen molar-refractivity contribution < 1.29 is 14.3 Å². The first kappa shape index (κ1) is 16.6. The lowest BCUT2D eigenvalue weighted by Crippen LogP contribution is -2.30. The van der Waals surface area contributed by atoms with Crippen molar-refractivity contribution >= 4 is 29.0 Å². The summed E-state index contributed by atoms with van der Waals surface area (Å²) in [6.45, 7) is 2.27. The first-order valence-corrected chi connectivity index (χ1v) is 8.31. The van der Waals surface area contributed by atoms with Crippen LogP contribution in [0.3, 0.4) is 0 Å². The summed E-state index contributed by atoms with van der Waals surface area (Å²) in [7, 11) is 3.17. The van der Waals surface area contributed by atoms with Gasteiger partial charge in [-0.1, -0.05) is 29.2 Å². The number of hydrogen-bond acceptors (Lipinski definition) is 7. The van der Waals surface area contributed by atoms with Crippen molar-refractivity contribution in [3.8, 4) is 11.5 Å². The molecule has 0 bridgehead atoms. The molecule has 1 amide bonds. The molecule has 6 nitrogen and oxygen atoms in total. The van der Waals surface area contributed by atoms with Crippen molar-refractivity contribution in [3.63, 3.8) is 0 Å². The summed E-state index contributed by atoms with van der Waals surface area (Å²) < 4.78 is 11.2. The van der Waals surface area contributed by atoms with Crippen LogP contribution in [0.2, 0.25) is 0 Å². The van der Waals surface area contributed by atoms with E-state index >= 15 is 0 Å². The molecule has 8 heteroatoms. The fourth-order valence-electron chi connectivity index (χ4n) is 1.74. The highest BCUT2D eigenvalue weighted by molar-refractivity contribution is 8.02. The van der Waals surface area contributed by atoms with Gasteiger partial charge in [-0.3, -0.25) is 4.79 Å². The fourth-order valence-corrected chi connectivity index (χ4v) is 3.39. The molecule has 0 saturated carbocycles. The second-order valence-electron chi connectivity index (χ2n) is 4.37. The molecule has 2 aromatic rings. The van der Waals surface area contributed by atoms with E-state index in [9.17, 15) is 4.79 Å². The molecule has 1 aromatic heterocycles. The number of nitrogens with one attached hydrogen (secondary N) is 1. The topological polar surface area (TPSA) is 73.3 Å². The van der Waals surface area contributed by atoms with E-state index in [1.807, 2.05) is 25.1 Å². The number of aromatic nitrogens is 2. The summed E-state index contributed by atoms with van der Waals surface area (Å²) in [6, 6.07) is 5.56. The van der Waals surface area contributed by atoms with Crippen LogP contribution in [0.15, 0.2) is 28.0 Å². The molecule has 118 valence electrons. The Balaban J connectivity index is 1.90. The molecule has 2 rings (SSSR count). The first-order chi connectivity index (χ1) is 10.6. The summed E-state index contributed by atoms with van der Waals surface area (Å²) >= 11 is 2.82. The van der Waals surface area contributed by atoms with E-state index in [4.69, 9.17) is 9.47 Å². The van der Waals surface area contributed by atoms with Crippen molar-refractivity contribution in [2.24, 2.45) is 0 Å². The average molecular weight is 339 g/mol. The number of benzene rings is 1. The Hall–Kier alpha value is -1.80. The Morgan fingerprint density at radius 1 is 1.36 bits per heavy atom. The lowest BCUT2D eigenvalue weighted by Gasteiger charge is -2.12. The second kappa shape index (κ2) is 8.00. The van der Waals surface area contributed by atoms with Crippen molar-refractivity contribution in [2.45, 2.75) is 23.1 Å². The quantitative estimate of drug-likeness (QED) is 0.781. The first-order valence-electron chi connectivity index (χ1n) is 6.55. The van der Waals surface area contributed by atoms with Gasteiger partial charge >= 0.3 is 0 Å². The third kappa shape index (κ3) is 4.35. The second-order valence-corrected chi connectivity index (χ2v) is 6.79. The van der Waals surface area contributed by atoms with Gasteiger partial charge in [0.15, 0.2) is 15.8 Å². The van der Waals surface area contributed by atoms with E-state index in [1.54, 1.807) is 19.7 Å². The third-order valence-corrected chi connectivity index (χ3v) is 4.81. The number of methoxy groups -OCH3 is 2. The Morgan fingerprint density at radius 3 is 2.77 bits per heavy atom. The van der Waals surface area contributed by atoms with Gasteiger partial charge < -0.3 is 14.8 Å². The van der Waals surface area contributed by atoms with E-state index in [0.29, 0.717) is 18.0 Å². The molecule has 0 fully saturated rings. The molecule has 1 atom stereocenters. The zero-order valence-electron chi connectivity index (χ0n) is 12.5. The number of nitrogens with zero attached hydrogens (tertiary/aromatic N) is 2. The van der Waals surface area contributed by atoms with Gasteiger partial charge in [-0.25, -0.2) is 0 Å². The van der Waals surface area contributed by atoms with Crippen LogP contribution < -0.4 is 14.8 Å². The Labute approximate surface area is 137 Å². The highest BCUT2D eigenvalue weighted by Crippen LogP contribution is 2.28. The molecule has 1 N–H and O–H groups in total. The number of ether oxygens (including phenoxy) is 2. The zero-order valence-corrected chi connectivity index (χ0v) is 14.2. The van der Waals surface area contributed by atoms with E-state index in [1.165, 1.54) is 23.1 Å². The van der Waals surface area contributed by atoms with E-state index in [0.717, 1.165) is 9.90 Å². The average Bonchev–Trinajstić information content (AvgIpc) is 3.05. The van der Waals surface area contributed by atoms with E-state index in [-0.39, 0.29) is 11.2 Å². The normalized spacial score (nSPS) is 11.8. The van der Waals surface area contributed by atoms with Crippen molar-refractivity contribution in [2.75, 3.05) is 14.2 Å². The Kier molecular flexibility index (Phi) is 6.02. The number of carbonyl (C=O) groups is 1. The number of hydrogen-bond donors (Lipinski definition) is 1. The molecule has 0 aliphatic carbocycles. The van der Waals surface area contributed by atoms with Crippen LogP contribution >= 0.6 is 23.1 Å². The number of rotatable bonds is 7. The summed E-state index contributed by atoms with van der Waals surface area (Å²) in [5, 5.41) is 10.3. The smallest absolute Gasteiger partial charge is 0.233 e. The third-order valence-electron chi connectivity index (χ3n) is 2.90. The minimum atomic E-state index is -0.229. The van der Waals surface area contributed by atoms with Crippen LogP contribution in [-0.2, 0) is 11.3 Å². The Bertz CT molecular complexity index is 620. The van der Waals surface area contributed by atoms with E-state index in [2.05, 4.69) is 15.5 Å². The van der Waals surface area contributed by atoms with E-state index < -0.39 is 0 Å². The molecule has 0 unspecified atom stereocenters. The summed E-state index contributed by atoms with van der Waals surface area (Å²) in [5.41, 5.74) is 2.59. The maximum Gasteiger partial charge on any atom is 0.233 e. The van der Waals surface area contributed by atoms with Gasteiger partial charge in [-0.05, 0) is 24.6 Å². The Morgan fingerprint density at radius 2 is 2.14 bits per heavy atom. The molecule has 0 aliphatic heterocycles. The molecule has 22 heavy (non-hydrogen) atoms. The minimum Gasteiger partial charge on any atom is -0.493 e. The van der Waals surface area contributed by atoms with Crippen LogP contribution in [0.5, 0.6) is 11.5 Å². The molecule has 0 saturated heterocycles. The van der Waals surface area contributed by atoms with Gasteiger partial charge in [0, 0.05) is 6.54 Å². The van der Waals surface area contributed by atoms with Crippen LogP contribution in [0, 0.1) is 0 Å². The van der Waals surface area contributed by atoms with Gasteiger partial charge in [-0.15, -0.1) is 10.2 Å². The standard InChI is InChI=1S/C14H17N3O3S2/c1-9(22-14-17-16-8-21-14)13(18)15-7-10-4-5-11(19-2)12(6-10)20-3/h4-6,8-9H,7H2,1-3H3,(H,15,18)/t9-/m1/s1. The predicted molar refractivity (Wildman–Crippen MR) is 86.6 cm³/mol. The molecule has 0 spiro atoms. The number of amides is 1. The molecule has 0 radical (unpaired) electrons. The van der Waals surface area contributed by atoms with Crippen molar-refractivity contribution in [1.29, 1.82) is 0 Å². The van der Waals surface area contributed by atoms with Gasteiger partial charge in [0.25, 0.3) is 0 Å². The van der Waals surface area contributed by atoms with Crippen LogP contribution in [-0.4, -0.2) is 35.6 Å². The maximum atomic E-state index is 12.1. The monoisotopic (exact) mass is 339 g/mol. The van der Waals surface area contributed by atoms with Gasteiger partial charge in [0.1, 0.15) is 5.51 Å². The van der Waals surface area contributed by atoms with Crippen LogP contribution in [0.4, 0.5) is 0 Å². The lowest BCUT2D eigenvalue weighted by molar-refractivity contribution is -0.120. The molecular weight excluding hydrogens is 322 g/mol. The molecule has 1 aromatic carbocycles. The highest BCUT2D eigenvalue weighted by Gasteiger charge is 2.16. The predicted octanol–water partition coefficient (Wildman–Crippen LogP) is 2.35. The number of thioether (sulfide) groups is 1.